The van der Waals surface area contributed by atoms with Crippen LogP contribution < -0.4 is 10.6 Å². The van der Waals surface area contributed by atoms with E-state index in [1.54, 1.807) is 0 Å². The maximum atomic E-state index is 12.7. The fraction of sp³-hybridized carbons (Fsp3) is 0.562. The van der Waals surface area contributed by atoms with Crippen LogP contribution in [0.4, 0.5) is 5.69 Å². The molecule has 0 saturated carbocycles. The molecule has 0 aromatic heterocycles. The third-order valence-corrected chi connectivity index (χ3v) is 4.36. The van der Waals surface area contributed by atoms with Gasteiger partial charge in [-0.25, -0.2) is 0 Å². The summed E-state index contributed by atoms with van der Waals surface area (Å²) in [6.45, 7) is 2.79. The summed E-state index contributed by atoms with van der Waals surface area (Å²) in [5.41, 5.74) is 8.04. The van der Waals surface area contributed by atoms with Gasteiger partial charge in [-0.2, -0.15) is 0 Å². The van der Waals surface area contributed by atoms with Gasteiger partial charge in [-0.05, 0) is 37.4 Å². The Hall–Kier alpha value is -1.39. The van der Waals surface area contributed by atoms with E-state index in [9.17, 15) is 4.79 Å². The fourth-order valence-electron chi connectivity index (χ4n) is 3.31. The minimum absolute atomic E-state index is 0.0217. The molecule has 2 unspecified atom stereocenters. The molecule has 1 saturated heterocycles. The van der Waals surface area contributed by atoms with Gasteiger partial charge in [-0.15, -0.1) is 0 Å². The summed E-state index contributed by atoms with van der Waals surface area (Å²) in [5.74, 6) is 0.620. The molecule has 108 valence electrons. The molecule has 2 N–H and O–H groups in total. The van der Waals surface area contributed by atoms with Crippen LogP contribution in [0.25, 0.3) is 0 Å². The highest BCUT2D eigenvalue weighted by Gasteiger charge is 2.35. The van der Waals surface area contributed by atoms with Crippen molar-refractivity contribution in [3.05, 3.63) is 29.8 Å². The van der Waals surface area contributed by atoms with Crippen LogP contribution in [0.5, 0.6) is 0 Å². The van der Waals surface area contributed by atoms with Gasteiger partial charge >= 0.3 is 0 Å². The lowest BCUT2D eigenvalue weighted by Gasteiger charge is -2.27. The lowest BCUT2D eigenvalue weighted by molar-refractivity contribution is -0.126. The third kappa shape index (κ3) is 2.45. The molecule has 2 heterocycles. The molecule has 1 aromatic rings. The first-order chi connectivity index (χ1) is 9.81. The summed E-state index contributed by atoms with van der Waals surface area (Å²) >= 11 is 0. The number of amides is 1. The van der Waals surface area contributed by atoms with Gasteiger partial charge in [0, 0.05) is 24.8 Å². The number of nitrogens with zero attached hydrogens (tertiary/aromatic N) is 1. The second-order valence-corrected chi connectivity index (χ2v) is 5.70. The number of nitrogens with two attached hydrogens (primary N) is 1. The largest absolute Gasteiger partial charge is 0.381 e. The second-order valence-electron chi connectivity index (χ2n) is 5.70. The molecule has 2 aliphatic rings. The minimum Gasteiger partial charge on any atom is -0.381 e. The third-order valence-electron chi connectivity index (χ3n) is 4.36. The summed E-state index contributed by atoms with van der Waals surface area (Å²) in [5, 5.41) is 0. The number of rotatable bonds is 3. The number of hydrogen-bond acceptors (Lipinski definition) is 3. The van der Waals surface area contributed by atoms with E-state index in [0.29, 0.717) is 19.1 Å². The highest BCUT2D eigenvalue weighted by atomic mass is 16.5. The summed E-state index contributed by atoms with van der Waals surface area (Å²) < 4.78 is 5.46. The molecule has 0 spiro atoms. The van der Waals surface area contributed by atoms with Gasteiger partial charge in [0.15, 0.2) is 0 Å². The molecular weight excluding hydrogens is 252 g/mol. The van der Waals surface area contributed by atoms with Gasteiger partial charge in [0.05, 0.1) is 12.5 Å². The molecule has 3 rings (SSSR count). The normalized spacial score (nSPS) is 25.6. The highest BCUT2D eigenvalue weighted by molar-refractivity contribution is 5.97. The van der Waals surface area contributed by atoms with E-state index in [4.69, 9.17) is 10.5 Å². The van der Waals surface area contributed by atoms with Gasteiger partial charge in [-0.1, -0.05) is 18.2 Å². The molecule has 0 aliphatic carbocycles. The Morgan fingerprint density at radius 3 is 3.00 bits per heavy atom. The first kappa shape index (κ1) is 13.6. The average Bonchev–Trinajstić information content (AvgIpc) is 2.87. The molecule has 2 atom stereocenters. The number of carbonyl (C=O) groups is 1. The van der Waals surface area contributed by atoms with Crippen molar-refractivity contribution in [3.63, 3.8) is 0 Å². The number of fused-ring (bicyclic) bond motifs is 1. The average molecular weight is 274 g/mol. The molecular formula is C16H22N2O2. The Bertz CT molecular complexity index is 483. The molecule has 1 amide bonds. The summed E-state index contributed by atoms with van der Waals surface area (Å²) in [6.07, 6.45) is 2.86. The molecule has 0 radical (unpaired) electrons. The van der Waals surface area contributed by atoms with Crippen molar-refractivity contribution in [1.29, 1.82) is 0 Å². The van der Waals surface area contributed by atoms with E-state index in [-0.39, 0.29) is 11.8 Å². The first-order valence-corrected chi connectivity index (χ1v) is 7.49. The van der Waals surface area contributed by atoms with Crippen LogP contribution in [0, 0.1) is 5.92 Å². The molecule has 20 heavy (non-hydrogen) atoms. The Morgan fingerprint density at radius 2 is 2.25 bits per heavy atom. The Kier molecular flexibility index (Phi) is 4.03. The minimum atomic E-state index is 0.0217. The smallest absolute Gasteiger partial charge is 0.232 e. The van der Waals surface area contributed by atoms with Gasteiger partial charge in [0.1, 0.15) is 0 Å². The van der Waals surface area contributed by atoms with Crippen LogP contribution in [0.3, 0.4) is 0 Å². The monoisotopic (exact) mass is 274 g/mol. The SMILES string of the molecule is NCCC1CN(C(=O)C2CCCOC2)c2ccccc21. The van der Waals surface area contributed by atoms with E-state index < -0.39 is 0 Å². The number of hydrogen-bond donors (Lipinski definition) is 1. The van der Waals surface area contributed by atoms with Crippen LogP contribution in [-0.4, -0.2) is 32.2 Å². The van der Waals surface area contributed by atoms with Crippen molar-refractivity contribution < 1.29 is 9.53 Å². The van der Waals surface area contributed by atoms with Crippen LogP contribution >= 0.6 is 0 Å². The molecule has 4 nitrogen and oxygen atoms in total. The fourth-order valence-corrected chi connectivity index (χ4v) is 3.31. The number of benzene rings is 1. The van der Waals surface area contributed by atoms with Crippen molar-refractivity contribution in [2.45, 2.75) is 25.2 Å². The van der Waals surface area contributed by atoms with E-state index in [1.165, 1.54) is 5.56 Å². The van der Waals surface area contributed by atoms with E-state index >= 15 is 0 Å². The second kappa shape index (κ2) is 5.94. The quantitative estimate of drug-likeness (QED) is 0.915. The van der Waals surface area contributed by atoms with Gasteiger partial charge < -0.3 is 15.4 Å². The van der Waals surface area contributed by atoms with Crippen molar-refractivity contribution >= 4 is 11.6 Å². The van der Waals surface area contributed by atoms with E-state index in [0.717, 1.165) is 38.1 Å². The molecule has 1 fully saturated rings. The predicted octanol–water partition coefficient (Wildman–Crippen LogP) is 1.89. The predicted molar refractivity (Wildman–Crippen MR) is 78.8 cm³/mol. The van der Waals surface area contributed by atoms with Crippen LogP contribution in [0.2, 0.25) is 0 Å². The van der Waals surface area contributed by atoms with Crippen molar-refractivity contribution in [1.82, 2.24) is 0 Å². The Balaban J connectivity index is 1.82. The summed E-state index contributed by atoms with van der Waals surface area (Å²) in [7, 11) is 0. The first-order valence-electron chi connectivity index (χ1n) is 7.49. The number of anilines is 1. The zero-order valence-electron chi connectivity index (χ0n) is 11.8. The highest BCUT2D eigenvalue weighted by Crippen LogP contribution is 2.38. The molecule has 0 bridgehead atoms. The van der Waals surface area contributed by atoms with Crippen molar-refractivity contribution in [2.24, 2.45) is 11.7 Å². The number of para-hydroxylation sites is 1. The maximum absolute atomic E-state index is 12.7. The lowest BCUT2D eigenvalue weighted by atomic mass is 9.98. The van der Waals surface area contributed by atoms with Gasteiger partial charge in [0.25, 0.3) is 0 Å². The van der Waals surface area contributed by atoms with Crippen LogP contribution in [-0.2, 0) is 9.53 Å². The summed E-state index contributed by atoms with van der Waals surface area (Å²) in [6, 6.07) is 8.22. The zero-order valence-corrected chi connectivity index (χ0v) is 11.8. The molecule has 1 aromatic carbocycles. The Labute approximate surface area is 119 Å². The van der Waals surface area contributed by atoms with E-state index in [2.05, 4.69) is 6.07 Å². The van der Waals surface area contributed by atoms with Crippen molar-refractivity contribution in [2.75, 3.05) is 31.2 Å². The molecule has 2 aliphatic heterocycles. The van der Waals surface area contributed by atoms with Gasteiger partial charge in [-0.3, -0.25) is 4.79 Å². The van der Waals surface area contributed by atoms with Crippen LogP contribution in [0.1, 0.15) is 30.7 Å². The number of carbonyl (C=O) groups excluding carboxylic acids is 1. The maximum Gasteiger partial charge on any atom is 0.232 e. The van der Waals surface area contributed by atoms with Gasteiger partial charge in [0.2, 0.25) is 5.91 Å². The lowest BCUT2D eigenvalue weighted by Crippen LogP contribution is -2.39. The zero-order chi connectivity index (χ0) is 13.9. The Morgan fingerprint density at radius 1 is 1.40 bits per heavy atom. The standard InChI is InChI=1S/C16H22N2O2/c17-8-7-12-10-18(15-6-2-1-5-14(12)15)16(19)13-4-3-9-20-11-13/h1-2,5-6,12-13H,3-4,7-11,17H2. The number of ether oxygens (including phenoxy) is 1. The molecule has 4 heteroatoms. The topological polar surface area (TPSA) is 55.6 Å². The van der Waals surface area contributed by atoms with Crippen molar-refractivity contribution in [3.8, 4) is 0 Å². The summed E-state index contributed by atoms with van der Waals surface area (Å²) in [4.78, 5) is 14.7. The van der Waals surface area contributed by atoms with Crippen LogP contribution in [0.15, 0.2) is 24.3 Å². The van der Waals surface area contributed by atoms with E-state index in [1.807, 2.05) is 23.1 Å².